The number of halogens is 2. The molecule has 5 rings (SSSR count). The van der Waals surface area contributed by atoms with Crippen LogP contribution in [0.5, 0.6) is 0 Å². The smallest absolute Gasteiger partial charge is 0.0964 e. The quantitative estimate of drug-likeness (QED) is 0.302. The lowest BCUT2D eigenvalue weighted by Crippen LogP contribution is -2.00. The van der Waals surface area contributed by atoms with Gasteiger partial charge in [0.2, 0.25) is 0 Å². The topological polar surface area (TPSA) is 33.6 Å². The molecule has 0 atom stereocenters. The van der Waals surface area contributed by atoms with Gasteiger partial charge in [0.05, 0.1) is 17.7 Å². The van der Waals surface area contributed by atoms with Crippen molar-refractivity contribution in [2.45, 2.75) is 6.54 Å². The van der Waals surface area contributed by atoms with Gasteiger partial charge in [-0.1, -0.05) is 76.1 Å². The molecule has 0 spiro atoms. The lowest BCUT2D eigenvalue weighted by Gasteiger charge is -2.11. The second-order valence-corrected chi connectivity index (χ2v) is 8.31. The zero-order valence-corrected chi connectivity index (χ0v) is 17.8. The van der Waals surface area contributed by atoms with Gasteiger partial charge in [-0.15, -0.1) is 0 Å². The SMILES string of the molecule is Clc1ccc(Cn2cnc(-c3ccccc3)c2-c2c[nH]c3cc(Br)ccc23)cc1. The maximum absolute atomic E-state index is 6.06. The van der Waals surface area contributed by atoms with Crippen molar-refractivity contribution in [2.75, 3.05) is 0 Å². The van der Waals surface area contributed by atoms with Crippen LogP contribution in [0.15, 0.2) is 89.8 Å². The molecule has 2 heterocycles. The van der Waals surface area contributed by atoms with Gasteiger partial charge >= 0.3 is 0 Å². The minimum atomic E-state index is 0.718. The Kier molecular flexibility index (Phi) is 4.74. The van der Waals surface area contributed by atoms with Crippen molar-refractivity contribution in [1.82, 2.24) is 14.5 Å². The number of nitrogens with zero attached hydrogens (tertiary/aromatic N) is 2. The van der Waals surface area contributed by atoms with Crippen molar-refractivity contribution >= 4 is 38.4 Å². The van der Waals surface area contributed by atoms with E-state index in [1.54, 1.807) is 0 Å². The van der Waals surface area contributed by atoms with E-state index in [2.05, 4.69) is 74.1 Å². The molecular weight excluding hydrogens is 446 g/mol. The number of H-pyrrole nitrogens is 1. The molecule has 1 N–H and O–H groups in total. The summed E-state index contributed by atoms with van der Waals surface area (Å²) in [7, 11) is 0. The summed E-state index contributed by atoms with van der Waals surface area (Å²) in [5, 5.41) is 1.91. The summed E-state index contributed by atoms with van der Waals surface area (Å²) < 4.78 is 3.26. The van der Waals surface area contributed by atoms with E-state index in [4.69, 9.17) is 16.6 Å². The monoisotopic (exact) mass is 461 g/mol. The van der Waals surface area contributed by atoms with E-state index in [-0.39, 0.29) is 0 Å². The zero-order chi connectivity index (χ0) is 19.8. The molecule has 0 saturated heterocycles. The lowest BCUT2D eigenvalue weighted by molar-refractivity contribution is 0.805. The van der Waals surface area contributed by atoms with Crippen LogP contribution in [-0.2, 0) is 6.54 Å². The highest BCUT2D eigenvalue weighted by Crippen LogP contribution is 2.36. The van der Waals surface area contributed by atoms with E-state index < -0.39 is 0 Å². The molecule has 0 aliphatic rings. The van der Waals surface area contributed by atoms with Crippen molar-refractivity contribution in [3.8, 4) is 22.5 Å². The average molecular weight is 463 g/mol. The maximum Gasteiger partial charge on any atom is 0.0964 e. The van der Waals surface area contributed by atoms with Crippen molar-refractivity contribution < 1.29 is 0 Å². The second-order valence-electron chi connectivity index (χ2n) is 6.95. The average Bonchev–Trinajstić information content (AvgIpc) is 3.33. The summed E-state index contributed by atoms with van der Waals surface area (Å²) in [4.78, 5) is 8.20. The van der Waals surface area contributed by atoms with Gasteiger partial charge in [0.25, 0.3) is 0 Å². The molecule has 0 aliphatic heterocycles. The van der Waals surface area contributed by atoms with Gasteiger partial charge in [-0.3, -0.25) is 0 Å². The molecule has 0 saturated carbocycles. The third-order valence-corrected chi connectivity index (χ3v) is 5.80. The number of aromatic amines is 1. The van der Waals surface area contributed by atoms with Crippen LogP contribution in [0.2, 0.25) is 5.02 Å². The Morgan fingerprint density at radius 2 is 1.76 bits per heavy atom. The predicted molar refractivity (Wildman–Crippen MR) is 123 cm³/mol. The Balaban J connectivity index is 1.70. The largest absolute Gasteiger partial charge is 0.360 e. The molecule has 5 aromatic rings. The van der Waals surface area contributed by atoms with Crippen LogP contribution in [0.25, 0.3) is 33.4 Å². The Morgan fingerprint density at radius 1 is 0.966 bits per heavy atom. The minimum absolute atomic E-state index is 0.718. The fourth-order valence-corrected chi connectivity index (χ4v) is 4.16. The van der Waals surface area contributed by atoms with Gasteiger partial charge in [0.15, 0.2) is 0 Å². The first-order valence-electron chi connectivity index (χ1n) is 9.31. The van der Waals surface area contributed by atoms with Gasteiger partial charge in [-0.2, -0.15) is 0 Å². The van der Waals surface area contributed by atoms with Gasteiger partial charge in [-0.05, 0) is 29.8 Å². The van der Waals surface area contributed by atoms with Gasteiger partial charge in [0, 0.05) is 44.3 Å². The summed E-state index contributed by atoms with van der Waals surface area (Å²) in [6, 6.07) is 24.6. The molecule has 5 heteroatoms. The van der Waals surface area contributed by atoms with Crippen LogP contribution < -0.4 is 0 Å². The normalized spacial score (nSPS) is 11.2. The van der Waals surface area contributed by atoms with Crippen molar-refractivity contribution in [2.24, 2.45) is 0 Å². The molecule has 3 aromatic carbocycles. The molecule has 0 unspecified atom stereocenters. The highest BCUT2D eigenvalue weighted by molar-refractivity contribution is 9.10. The van der Waals surface area contributed by atoms with Crippen LogP contribution in [0, 0.1) is 0 Å². The molecular formula is C24H17BrClN3. The molecule has 142 valence electrons. The number of rotatable bonds is 4. The number of benzene rings is 3. The van der Waals surface area contributed by atoms with Gasteiger partial charge < -0.3 is 9.55 Å². The molecule has 29 heavy (non-hydrogen) atoms. The van der Waals surface area contributed by atoms with Crippen molar-refractivity contribution in [3.05, 3.63) is 100 Å². The zero-order valence-electron chi connectivity index (χ0n) is 15.4. The van der Waals surface area contributed by atoms with Crippen LogP contribution in [-0.4, -0.2) is 14.5 Å². The van der Waals surface area contributed by atoms with Gasteiger partial charge in [-0.25, -0.2) is 4.98 Å². The van der Waals surface area contributed by atoms with Gasteiger partial charge in [0.1, 0.15) is 0 Å². The second kappa shape index (κ2) is 7.54. The third-order valence-electron chi connectivity index (χ3n) is 5.05. The van der Waals surface area contributed by atoms with E-state index in [1.807, 2.05) is 36.7 Å². The van der Waals surface area contributed by atoms with Crippen LogP contribution in [0.4, 0.5) is 0 Å². The van der Waals surface area contributed by atoms with Crippen LogP contribution >= 0.6 is 27.5 Å². The number of nitrogens with one attached hydrogen (secondary N) is 1. The predicted octanol–water partition coefficient (Wildman–Crippen LogP) is 7.16. The Bertz CT molecular complexity index is 1290. The standard InChI is InChI=1S/C24H17BrClN3/c25-18-8-11-20-21(13-27-22(20)12-18)24-23(17-4-2-1-3-5-17)28-15-29(24)14-16-6-9-19(26)10-7-16/h1-13,15,27H,14H2. The van der Waals surface area contributed by atoms with E-state index in [0.29, 0.717) is 0 Å². The molecule has 0 fully saturated rings. The Morgan fingerprint density at radius 3 is 2.55 bits per heavy atom. The maximum atomic E-state index is 6.06. The first-order chi connectivity index (χ1) is 14.2. The molecule has 2 aromatic heterocycles. The van der Waals surface area contributed by atoms with E-state index >= 15 is 0 Å². The highest BCUT2D eigenvalue weighted by atomic mass is 79.9. The van der Waals surface area contributed by atoms with Crippen molar-refractivity contribution in [3.63, 3.8) is 0 Å². The van der Waals surface area contributed by atoms with E-state index in [1.165, 1.54) is 10.9 Å². The molecule has 0 radical (unpaired) electrons. The number of fused-ring (bicyclic) bond motifs is 1. The highest BCUT2D eigenvalue weighted by Gasteiger charge is 2.18. The Labute approximate surface area is 182 Å². The minimum Gasteiger partial charge on any atom is -0.360 e. The number of aromatic nitrogens is 3. The molecule has 0 aliphatic carbocycles. The first-order valence-corrected chi connectivity index (χ1v) is 10.5. The number of hydrogen-bond acceptors (Lipinski definition) is 1. The summed E-state index contributed by atoms with van der Waals surface area (Å²) in [6.07, 6.45) is 3.99. The molecule has 0 bridgehead atoms. The third kappa shape index (κ3) is 3.50. The summed E-state index contributed by atoms with van der Waals surface area (Å²) in [6.45, 7) is 0.718. The van der Waals surface area contributed by atoms with E-state index in [0.717, 1.165) is 44.1 Å². The fraction of sp³-hybridized carbons (Fsp3) is 0.0417. The summed E-state index contributed by atoms with van der Waals surface area (Å²) in [5.41, 5.74) is 6.58. The molecule has 3 nitrogen and oxygen atoms in total. The van der Waals surface area contributed by atoms with E-state index in [9.17, 15) is 0 Å². The number of imidazole rings is 1. The summed E-state index contributed by atoms with van der Waals surface area (Å²) >= 11 is 9.62. The lowest BCUT2D eigenvalue weighted by atomic mass is 10.0. The summed E-state index contributed by atoms with van der Waals surface area (Å²) in [5.74, 6) is 0. The first kappa shape index (κ1) is 18.2. The van der Waals surface area contributed by atoms with Crippen LogP contribution in [0.3, 0.4) is 0 Å². The van der Waals surface area contributed by atoms with Crippen molar-refractivity contribution in [1.29, 1.82) is 0 Å². The number of hydrogen-bond donors (Lipinski definition) is 1. The molecule has 0 amide bonds. The Hall–Kier alpha value is -2.82. The fourth-order valence-electron chi connectivity index (χ4n) is 3.67. The van der Waals surface area contributed by atoms with Crippen LogP contribution in [0.1, 0.15) is 5.56 Å².